The third-order valence-corrected chi connectivity index (χ3v) is 4.37. The quantitative estimate of drug-likeness (QED) is 0.259. The predicted molar refractivity (Wildman–Crippen MR) is 102 cm³/mol. The summed E-state index contributed by atoms with van der Waals surface area (Å²) in [7, 11) is 1.29. The first-order chi connectivity index (χ1) is 11.5. The van der Waals surface area contributed by atoms with Crippen LogP contribution in [0.4, 0.5) is 4.39 Å². The molecular weight excluding hydrogens is 444 g/mol. The summed E-state index contributed by atoms with van der Waals surface area (Å²) >= 11 is 1.73. The lowest BCUT2D eigenvalue weighted by Gasteiger charge is -2.25. The molecule has 1 aromatic carbocycles. The van der Waals surface area contributed by atoms with E-state index in [0.717, 1.165) is 12.3 Å². The summed E-state index contributed by atoms with van der Waals surface area (Å²) in [5, 5.41) is 29.2. The van der Waals surface area contributed by atoms with Crippen molar-refractivity contribution in [1.82, 2.24) is 0 Å². The standard InChI is InChI=1S/C17H21FINO5/c1-17(2,3)14(8-21)20-7-10(16(23)24)15(22)9-5-12(19)11(18)6-13(9)25-4/h5-7,14,21-22H,8H2,1-4H3,(H,23,24). The Kier molecular flexibility index (Phi) is 7.36. The number of aliphatic carboxylic acids is 1. The van der Waals surface area contributed by atoms with Gasteiger partial charge >= 0.3 is 5.97 Å². The van der Waals surface area contributed by atoms with Gasteiger partial charge in [0.2, 0.25) is 0 Å². The van der Waals surface area contributed by atoms with Crippen LogP contribution >= 0.6 is 22.6 Å². The molecule has 0 aliphatic heterocycles. The molecule has 0 heterocycles. The molecule has 0 aromatic heterocycles. The fourth-order valence-electron chi connectivity index (χ4n) is 1.95. The van der Waals surface area contributed by atoms with E-state index in [1.165, 1.54) is 13.2 Å². The van der Waals surface area contributed by atoms with E-state index in [1.807, 2.05) is 20.8 Å². The molecule has 6 nitrogen and oxygen atoms in total. The van der Waals surface area contributed by atoms with Gasteiger partial charge in [-0.2, -0.15) is 0 Å². The molecule has 138 valence electrons. The number of carboxylic acid groups (broad SMARTS) is 1. The number of aliphatic hydroxyl groups excluding tert-OH is 2. The van der Waals surface area contributed by atoms with Crippen molar-refractivity contribution in [2.45, 2.75) is 26.8 Å². The molecule has 0 aliphatic rings. The van der Waals surface area contributed by atoms with Gasteiger partial charge in [0.1, 0.15) is 22.9 Å². The highest BCUT2D eigenvalue weighted by Crippen LogP contribution is 2.30. The van der Waals surface area contributed by atoms with Crippen LogP contribution in [0.3, 0.4) is 0 Å². The summed E-state index contributed by atoms with van der Waals surface area (Å²) in [6.07, 6.45) is 0.999. The first kappa shape index (κ1) is 21.4. The number of hydrogen-bond donors (Lipinski definition) is 3. The Morgan fingerprint density at radius 2 is 2.00 bits per heavy atom. The monoisotopic (exact) mass is 465 g/mol. The van der Waals surface area contributed by atoms with Crippen molar-refractivity contribution >= 4 is 40.5 Å². The van der Waals surface area contributed by atoms with Crippen molar-refractivity contribution in [3.8, 4) is 5.75 Å². The Labute approximate surface area is 159 Å². The van der Waals surface area contributed by atoms with Crippen LogP contribution in [0.1, 0.15) is 26.3 Å². The van der Waals surface area contributed by atoms with Crippen molar-refractivity contribution in [1.29, 1.82) is 0 Å². The highest BCUT2D eigenvalue weighted by atomic mass is 127. The Bertz CT molecular complexity index is 710. The van der Waals surface area contributed by atoms with Crippen LogP contribution < -0.4 is 4.74 Å². The lowest BCUT2D eigenvalue weighted by Crippen LogP contribution is -2.28. The second-order valence-electron chi connectivity index (χ2n) is 6.38. The molecule has 0 aliphatic carbocycles. The summed E-state index contributed by atoms with van der Waals surface area (Å²) < 4.78 is 18.9. The zero-order valence-electron chi connectivity index (χ0n) is 14.4. The highest BCUT2D eigenvalue weighted by molar-refractivity contribution is 14.1. The van der Waals surface area contributed by atoms with Crippen LogP contribution in [0.2, 0.25) is 0 Å². The number of hydrogen-bond acceptors (Lipinski definition) is 5. The molecule has 0 bridgehead atoms. The van der Waals surface area contributed by atoms with Gasteiger partial charge in [0, 0.05) is 15.9 Å². The van der Waals surface area contributed by atoms with Gasteiger partial charge in [-0.3, -0.25) is 4.99 Å². The summed E-state index contributed by atoms with van der Waals surface area (Å²) in [4.78, 5) is 15.6. The van der Waals surface area contributed by atoms with Gasteiger partial charge < -0.3 is 20.1 Å². The molecule has 0 spiro atoms. The summed E-state index contributed by atoms with van der Waals surface area (Å²) in [6, 6.07) is 1.80. The molecule has 0 saturated carbocycles. The van der Waals surface area contributed by atoms with E-state index in [-0.39, 0.29) is 21.5 Å². The Balaban J connectivity index is 3.47. The van der Waals surface area contributed by atoms with Crippen molar-refractivity contribution in [3.63, 3.8) is 0 Å². The SMILES string of the molecule is COc1cc(F)c(I)cc1C(O)=C(C=NC(CO)C(C)(C)C)C(=O)O. The number of rotatable bonds is 6. The molecule has 1 rings (SSSR count). The molecule has 1 atom stereocenters. The van der Waals surface area contributed by atoms with Gasteiger partial charge in [0.05, 0.1) is 25.3 Å². The van der Waals surface area contributed by atoms with E-state index in [2.05, 4.69) is 4.99 Å². The fourth-order valence-corrected chi connectivity index (χ4v) is 2.42. The lowest BCUT2D eigenvalue weighted by atomic mass is 9.88. The minimum atomic E-state index is -1.41. The number of aliphatic hydroxyl groups is 2. The van der Waals surface area contributed by atoms with E-state index < -0.39 is 34.6 Å². The minimum Gasteiger partial charge on any atom is -0.506 e. The average Bonchev–Trinajstić information content (AvgIpc) is 2.51. The maximum Gasteiger partial charge on any atom is 0.341 e. The van der Waals surface area contributed by atoms with Crippen LogP contribution in [0.25, 0.3) is 5.76 Å². The largest absolute Gasteiger partial charge is 0.506 e. The predicted octanol–water partition coefficient (Wildman–Crippen LogP) is 3.27. The van der Waals surface area contributed by atoms with Gasteiger partial charge in [0.25, 0.3) is 0 Å². The normalized spacial score (nSPS) is 14.4. The summed E-state index contributed by atoms with van der Waals surface area (Å²) in [6.45, 7) is 5.27. The third kappa shape index (κ3) is 5.40. The van der Waals surface area contributed by atoms with E-state index >= 15 is 0 Å². The van der Waals surface area contributed by atoms with Crippen molar-refractivity contribution in [3.05, 3.63) is 32.7 Å². The molecule has 3 N–H and O–H groups in total. The molecule has 1 unspecified atom stereocenters. The fraction of sp³-hybridized carbons (Fsp3) is 0.412. The second-order valence-corrected chi connectivity index (χ2v) is 7.54. The summed E-state index contributed by atoms with van der Waals surface area (Å²) in [5.41, 5.74) is -0.843. The van der Waals surface area contributed by atoms with Crippen LogP contribution in [0.5, 0.6) is 5.75 Å². The number of aliphatic imine (C=N–C) groups is 1. The van der Waals surface area contributed by atoms with Gasteiger partial charge in [-0.05, 0) is 34.1 Å². The van der Waals surface area contributed by atoms with E-state index in [1.54, 1.807) is 22.6 Å². The average molecular weight is 465 g/mol. The van der Waals surface area contributed by atoms with Gasteiger partial charge in [-0.1, -0.05) is 20.8 Å². The van der Waals surface area contributed by atoms with Crippen LogP contribution in [-0.2, 0) is 4.79 Å². The van der Waals surface area contributed by atoms with Crippen LogP contribution in [0, 0.1) is 14.8 Å². The Morgan fingerprint density at radius 1 is 1.40 bits per heavy atom. The van der Waals surface area contributed by atoms with Gasteiger partial charge in [0.15, 0.2) is 0 Å². The summed E-state index contributed by atoms with van der Waals surface area (Å²) in [5.74, 6) is -2.56. The third-order valence-electron chi connectivity index (χ3n) is 3.54. The molecule has 1 aromatic rings. The minimum absolute atomic E-state index is 0.00269. The molecule has 0 amide bonds. The number of benzene rings is 1. The second kappa shape index (κ2) is 8.61. The smallest absolute Gasteiger partial charge is 0.341 e. The maximum atomic E-state index is 13.6. The zero-order chi connectivity index (χ0) is 19.4. The lowest BCUT2D eigenvalue weighted by molar-refractivity contribution is -0.132. The molecule has 8 heteroatoms. The number of nitrogens with zero attached hydrogens (tertiary/aromatic N) is 1. The molecule has 0 saturated heterocycles. The number of ether oxygens (including phenoxy) is 1. The Morgan fingerprint density at radius 3 is 2.44 bits per heavy atom. The highest BCUT2D eigenvalue weighted by Gasteiger charge is 2.24. The van der Waals surface area contributed by atoms with Gasteiger partial charge in [-0.25, -0.2) is 9.18 Å². The zero-order valence-corrected chi connectivity index (χ0v) is 16.5. The number of halogens is 2. The van der Waals surface area contributed by atoms with E-state index in [4.69, 9.17) is 4.74 Å². The Hall–Kier alpha value is -1.68. The van der Waals surface area contributed by atoms with Crippen LogP contribution in [0.15, 0.2) is 22.7 Å². The maximum absolute atomic E-state index is 13.6. The van der Waals surface area contributed by atoms with E-state index in [9.17, 15) is 24.5 Å². The number of carbonyl (C=O) groups is 1. The van der Waals surface area contributed by atoms with Crippen LogP contribution in [-0.4, -0.2) is 47.3 Å². The number of methoxy groups -OCH3 is 1. The first-order valence-electron chi connectivity index (χ1n) is 7.36. The molecular formula is C17H21FINO5. The van der Waals surface area contributed by atoms with Crippen molar-refractivity contribution in [2.75, 3.05) is 13.7 Å². The van der Waals surface area contributed by atoms with E-state index in [0.29, 0.717) is 0 Å². The van der Waals surface area contributed by atoms with Crippen molar-refractivity contribution in [2.24, 2.45) is 10.4 Å². The molecule has 0 radical (unpaired) electrons. The topological polar surface area (TPSA) is 99.4 Å². The number of carboxylic acids is 1. The molecule has 0 fully saturated rings. The van der Waals surface area contributed by atoms with Gasteiger partial charge in [-0.15, -0.1) is 0 Å². The molecule has 25 heavy (non-hydrogen) atoms. The van der Waals surface area contributed by atoms with Crippen molar-refractivity contribution < 1.29 is 29.2 Å². The first-order valence-corrected chi connectivity index (χ1v) is 8.44.